The van der Waals surface area contributed by atoms with Crippen LogP contribution in [0.5, 0.6) is 0 Å². The van der Waals surface area contributed by atoms with E-state index in [1.165, 1.54) is 17.8 Å². The Balaban J connectivity index is 1.37. The number of Topliss-reactive ketones (excluding diaryl/α,β-unsaturated/α-hetero) is 1. The van der Waals surface area contributed by atoms with Crippen molar-refractivity contribution in [1.29, 1.82) is 0 Å². The highest BCUT2D eigenvalue weighted by Gasteiger charge is 2.36. The molecule has 3 aromatic rings. The van der Waals surface area contributed by atoms with Crippen LogP contribution in [0.2, 0.25) is 0 Å². The van der Waals surface area contributed by atoms with Crippen LogP contribution in [0.3, 0.4) is 0 Å². The normalized spacial score (nSPS) is 16.5. The second-order valence-electron chi connectivity index (χ2n) is 8.60. The standard InChI is InChI=1S/C23H23F3N4OS/c1-13-10-19(14(2)29(13)18-5-3-4-16(11-18)23(24,25)26)20(31)12-32-22-28-27-21(15-6-7-15)30(22)17-8-9-17/h3-5,10-11,15,17H,6-9,12H2,1-2H3. The Labute approximate surface area is 188 Å². The Morgan fingerprint density at radius 3 is 2.53 bits per heavy atom. The lowest BCUT2D eigenvalue weighted by atomic mass is 10.1. The molecule has 2 heterocycles. The average molecular weight is 461 g/mol. The molecule has 1 aromatic carbocycles. The summed E-state index contributed by atoms with van der Waals surface area (Å²) in [6, 6.07) is 7.36. The first-order chi connectivity index (χ1) is 15.2. The number of carbonyl (C=O) groups excluding carboxylic acids is 1. The van der Waals surface area contributed by atoms with Gasteiger partial charge in [-0.05, 0) is 63.8 Å². The lowest BCUT2D eigenvalue weighted by Gasteiger charge is -2.13. The quantitative estimate of drug-likeness (QED) is 0.326. The molecule has 2 saturated carbocycles. The third-order valence-corrected chi connectivity index (χ3v) is 6.98. The lowest BCUT2D eigenvalue weighted by molar-refractivity contribution is -0.137. The smallest absolute Gasteiger partial charge is 0.318 e. The SMILES string of the molecule is Cc1cc(C(=O)CSc2nnc(C3CC3)n2C2CC2)c(C)n1-c1cccc(C(F)(F)F)c1. The van der Waals surface area contributed by atoms with Crippen molar-refractivity contribution in [2.75, 3.05) is 5.75 Å². The largest absolute Gasteiger partial charge is 0.416 e. The van der Waals surface area contributed by atoms with Gasteiger partial charge in [0.05, 0.1) is 11.3 Å². The van der Waals surface area contributed by atoms with E-state index in [9.17, 15) is 18.0 Å². The Bertz CT molecular complexity index is 1190. The summed E-state index contributed by atoms with van der Waals surface area (Å²) in [7, 11) is 0. The summed E-state index contributed by atoms with van der Waals surface area (Å²) in [5.74, 6) is 1.69. The molecule has 0 saturated heterocycles. The molecule has 9 heteroatoms. The van der Waals surface area contributed by atoms with Gasteiger partial charge in [0.1, 0.15) is 5.82 Å². The number of aryl methyl sites for hydroxylation is 1. The summed E-state index contributed by atoms with van der Waals surface area (Å²) in [5, 5.41) is 9.51. The first-order valence-electron chi connectivity index (χ1n) is 10.7. The molecule has 0 radical (unpaired) electrons. The molecule has 2 aromatic heterocycles. The minimum Gasteiger partial charge on any atom is -0.318 e. The number of alkyl halides is 3. The van der Waals surface area contributed by atoms with E-state index in [0.29, 0.717) is 34.6 Å². The van der Waals surface area contributed by atoms with E-state index < -0.39 is 11.7 Å². The van der Waals surface area contributed by atoms with Gasteiger partial charge in [0.25, 0.3) is 0 Å². The number of thioether (sulfide) groups is 1. The second kappa shape index (κ2) is 7.79. The number of carbonyl (C=O) groups is 1. The van der Waals surface area contributed by atoms with E-state index in [1.807, 2.05) is 0 Å². The predicted molar refractivity (Wildman–Crippen MR) is 116 cm³/mol. The topological polar surface area (TPSA) is 52.7 Å². The molecular weight excluding hydrogens is 437 g/mol. The summed E-state index contributed by atoms with van der Waals surface area (Å²) >= 11 is 1.39. The van der Waals surface area contributed by atoms with Crippen LogP contribution in [0.4, 0.5) is 13.2 Å². The van der Waals surface area contributed by atoms with Gasteiger partial charge in [0.15, 0.2) is 10.9 Å². The van der Waals surface area contributed by atoms with Gasteiger partial charge in [-0.3, -0.25) is 4.79 Å². The number of benzene rings is 1. The van der Waals surface area contributed by atoms with Crippen molar-refractivity contribution >= 4 is 17.5 Å². The van der Waals surface area contributed by atoms with E-state index in [0.717, 1.165) is 48.8 Å². The van der Waals surface area contributed by atoms with Gasteiger partial charge < -0.3 is 9.13 Å². The summed E-state index contributed by atoms with van der Waals surface area (Å²) in [6.45, 7) is 3.56. The maximum atomic E-state index is 13.1. The molecular formula is C23H23F3N4OS. The zero-order valence-corrected chi connectivity index (χ0v) is 18.6. The summed E-state index contributed by atoms with van der Waals surface area (Å²) in [6.07, 6.45) is 0.123. The van der Waals surface area contributed by atoms with Crippen LogP contribution >= 0.6 is 11.8 Å². The predicted octanol–water partition coefficient (Wildman–Crippen LogP) is 5.89. The van der Waals surface area contributed by atoms with Gasteiger partial charge in [-0.1, -0.05) is 17.8 Å². The highest BCUT2D eigenvalue weighted by atomic mass is 32.2. The molecule has 0 bridgehead atoms. The molecule has 2 aliphatic rings. The minimum atomic E-state index is -4.42. The van der Waals surface area contributed by atoms with Gasteiger partial charge in [0, 0.05) is 34.6 Å². The van der Waals surface area contributed by atoms with Gasteiger partial charge in [-0.15, -0.1) is 10.2 Å². The summed E-state index contributed by atoms with van der Waals surface area (Å²) in [5.41, 5.74) is 1.55. The Hall–Kier alpha value is -2.55. The fourth-order valence-electron chi connectivity index (χ4n) is 4.15. The monoisotopic (exact) mass is 460 g/mol. The van der Waals surface area contributed by atoms with Crippen molar-refractivity contribution < 1.29 is 18.0 Å². The molecule has 0 atom stereocenters. The molecule has 5 rings (SSSR count). The molecule has 2 aliphatic carbocycles. The van der Waals surface area contributed by atoms with Crippen LogP contribution < -0.4 is 0 Å². The Morgan fingerprint density at radius 2 is 1.88 bits per heavy atom. The first-order valence-corrected chi connectivity index (χ1v) is 11.7. The van der Waals surface area contributed by atoms with Crippen molar-refractivity contribution in [2.45, 2.75) is 62.8 Å². The Kier molecular flexibility index (Phi) is 5.19. The second-order valence-corrected chi connectivity index (χ2v) is 9.54. The van der Waals surface area contributed by atoms with E-state index >= 15 is 0 Å². The number of nitrogens with zero attached hydrogens (tertiary/aromatic N) is 4. The maximum Gasteiger partial charge on any atom is 0.416 e. The number of hydrogen-bond donors (Lipinski definition) is 0. The molecule has 0 amide bonds. The molecule has 32 heavy (non-hydrogen) atoms. The van der Waals surface area contributed by atoms with Crippen molar-refractivity contribution in [3.8, 4) is 5.69 Å². The zero-order valence-electron chi connectivity index (χ0n) is 17.8. The van der Waals surface area contributed by atoms with Crippen molar-refractivity contribution in [3.05, 3.63) is 58.7 Å². The van der Waals surface area contributed by atoms with Gasteiger partial charge in [-0.25, -0.2) is 0 Å². The van der Waals surface area contributed by atoms with Gasteiger partial charge >= 0.3 is 6.18 Å². The van der Waals surface area contributed by atoms with E-state index in [2.05, 4.69) is 14.8 Å². The minimum absolute atomic E-state index is 0.0698. The number of halogens is 3. The van der Waals surface area contributed by atoms with Crippen LogP contribution in [0, 0.1) is 13.8 Å². The number of rotatable bonds is 7. The molecule has 168 valence electrons. The van der Waals surface area contributed by atoms with Crippen LogP contribution in [-0.2, 0) is 6.18 Å². The van der Waals surface area contributed by atoms with E-state index in [-0.39, 0.29) is 11.5 Å². The molecule has 0 spiro atoms. The number of aromatic nitrogens is 4. The fourth-order valence-corrected chi connectivity index (χ4v) is 5.05. The summed E-state index contributed by atoms with van der Waals surface area (Å²) in [4.78, 5) is 13.0. The van der Waals surface area contributed by atoms with Crippen molar-refractivity contribution in [2.24, 2.45) is 0 Å². The van der Waals surface area contributed by atoms with E-state index in [4.69, 9.17) is 0 Å². The van der Waals surface area contributed by atoms with Gasteiger partial charge in [-0.2, -0.15) is 13.2 Å². The lowest BCUT2D eigenvalue weighted by Crippen LogP contribution is -2.09. The first kappa shape index (κ1) is 21.3. The number of hydrogen-bond acceptors (Lipinski definition) is 4. The third-order valence-electron chi connectivity index (χ3n) is 6.04. The van der Waals surface area contributed by atoms with Crippen LogP contribution in [0.25, 0.3) is 5.69 Å². The zero-order chi connectivity index (χ0) is 22.6. The average Bonchev–Trinajstić information content (AvgIpc) is 3.68. The molecule has 0 aliphatic heterocycles. The van der Waals surface area contributed by atoms with E-state index in [1.54, 1.807) is 30.5 Å². The maximum absolute atomic E-state index is 13.1. The highest BCUT2D eigenvalue weighted by molar-refractivity contribution is 7.99. The molecule has 5 nitrogen and oxygen atoms in total. The van der Waals surface area contributed by atoms with Crippen molar-refractivity contribution in [1.82, 2.24) is 19.3 Å². The van der Waals surface area contributed by atoms with Gasteiger partial charge in [0.2, 0.25) is 0 Å². The van der Waals surface area contributed by atoms with Crippen LogP contribution in [-0.4, -0.2) is 30.9 Å². The fraction of sp³-hybridized carbons (Fsp3) is 0.435. The number of ketones is 1. The molecule has 0 N–H and O–H groups in total. The third kappa shape index (κ3) is 3.98. The Morgan fingerprint density at radius 1 is 1.12 bits per heavy atom. The van der Waals surface area contributed by atoms with Crippen LogP contribution in [0.1, 0.15) is 70.8 Å². The summed E-state index contributed by atoms with van der Waals surface area (Å²) < 4.78 is 43.4. The molecule has 0 unspecified atom stereocenters. The van der Waals surface area contributed by atoms with Crippen LogP contribution in [0.15, 0.2) is 35.5 Å². The highest BCUT2D eigenvalue weighted by Crippen LogP contribution is 2.46. The molecule has 2 fully saturated rings. The van der Waals surface area contributed by atoms with Crippen molar-refractivity contribution in [3.63, 3.8) is 0 Å².